The number of benzene rings is 3. The van der Waals surface area contributed by atoms with Crippen molar-refractivity contribution >= 4 is 22.8 Å². The minimum atomic E-state index is -1.22. The van der Waals surface area contributed by atoms with Crippen molar-refractivity contribution < 1.29 is 14.7 Å². The Hall–Kier alpha value is -3.34. The third-order valence-corrected chi connectivity index (χ3v) is 4.18. The molecule has 0 aliphatic rings. The highest BCUT2D eigenvalue weighted by Gasteiger charge is 2.21. The van der Waals surface area contributed by atoms with Gasteiger partial charge in [0.1, 0.15) is 6.04 Å². The Morgan fingerprint density at radius 3 is 2.27 bits per heavy atom. The van der Waals surface area contributed by atoms with Crippen LogP contribution >= 0.6 is 0 Å². The molecule has 0 heterocycles. The Morgan fingerprint density at radius 1 is 0.846 bits per heavy atom. The largest absolute Gasteiger partial charge is 0.465 e. The van der Waals surface area contributed by atoms with Crippen LogP contribution in [0.25, 0.3) is 10.8 Å². The molecular weight excluding hydrogens is 328 g/mol. The molecule has 5 nitrogen and oxygen atoms in total. The fourth-order valence-electron chi connectivity index (χ4n) is 2.87. The van der Waals surface area contributed by atoms with Crippen LogP contribution in [-0.4, -0.2) is 23.1 Å². The standard InChI is InChI=1S/C21H20N2O3/c24-20(22-14-15-6-2-1-3-7-15)19(23-21(25)26)13-16-10-11-17-8-4-5-9-18(17)12-16/h1-12,19,23H,13-14H2,(H,22,24)(H,25,26)/t19-/m1/s1. The molecule has 3 aromatic rings. The molecule has 0 saturated heterocycles. The third kappa shape index (κ3) is 4.60. The summed E-state index contributed by atoms with van der Waals surface area (Å²) in [6.07, 6.45) is -0.928. The zero-order valence-corrected chi connectivity index (χ0v) is 14.2. The third-order valence-electron chi connectivity index (χ3n) is 4.18. The quantitative estimate of drug-likeness (QED) is 0.639. The first-order valence-corrected chi connectivity index (χ1v) is 8.40. The van der Waals surface area contributed by atoms with Crippen molar-refractivity contribution in [3.63, 3.8) is 0 Å². The van der Waals surface area contributed by atoms with Gasteiger partial charge in [-0.3, -0.25) is 4.79 Å². The maximum atomic E-state index is 12.5. The second-order valence-corrected chi connectivity index (χ2v) is 6.09. The van der Waals surface area contributed by atoms with Crippen molar-refractivity contribution in [2.24, 2.45) is 0 Å². The van der Waals surface area contributed by atoms with Crippen molar-refractivity contribution in [3.8, 4) is 0 Å². The lowest BCUT2D eigenvalue weighted by Crippen LogP contribution is -2.47. The Balaban J connectivity index is 1.71. The molecule has 0 aromatic heterocycles. The van der Waals surface area contributed by atoms with Gasteiger partial charge in [-0.15, -0.1) is 0 Å². The molecule has 1 atom stereocenters. The molecule has 0 aliphatic heterocycles. The normalized spacial score (nSPS) is 11.7. The Bertz CT molecular complexity index is 909. The highest BCUT2D eigenvalue weighted by molar-refractivity contribution is 5.86. The predicted octanol–water partition coefficient (Wildman–Crippen LogP) is 3.33. The zero-order valence-electron chi connectivity index (χ0n) is 14.2. The average molecular weight is 348 g/mol. The van der Waals surface area contributed by atoms with Gasteiger partial charge in [-0.2, -0.15) is 0 Å². The van der Waals surface area contributed by atoms with Gasteiger partial charge in [0.2, 0.25) is 5.91 Å². The lowest BCUT2D eigenvalue weighted by Gasteiger charge is -2.17. The number of fused-ring (bicyclic) bond motifs is 1. The van der Waals surface area contributed by atoms with Crippen LogP contribution in [0.3, 0.4) is 0 Å². The second kappa shape index (κ2) is 8.16. The minimum absolute atomic E-state index is 0.289. The molecule has 3 rings (SSSR count). The fraction of sp³-hybridized carbons (Fsp3) is 0.143. The molecule has 5 heteroatoms. The second-order valence-electron chi connectivity index (χ2n) is 6.09. The highest BCUT2D eigenvalue weighted by atomic mass is 16.4. The molecule has 0 aliphatic carbocycles. The number of nitrogens with one attached hydrogen (secondary N) is 2. The highest BCUT2D eigenvalue weighted by Crippen LogP contribution is 2.17. The van der Waals surface area contributed by atoms with Gasteiger partial charge in [-0.1, -0.05) is 72.8 Å². The van der Waals surface area contributed by atoms with Crippen molar-refractivity contribution in [3.05, 3.63) is 83.9 Å². The first kappa shape index (κ1) is 17.5. The number of carboxylic acid groups (broad SMARTS) is 1. The number of carbonyl (C=O) groups excluding carboxylic acids is 1. The summed E-state index contributed by atoms with van der Waals surface area (Å²) in [5.41, 5.74) is 1.86. The summed E-state index contributed by atoms with van der Waals surface area (Å²) in [4.78, 5) is 23.6. The lowest BCUT2D eigenvalue weighted by atomic mass is 10.0. The van der Waals surface area contributed by atoms with Crippen LogP contribution in [0.1, 0.15) is 11.1 Å². The summed E-state index contributed by atoms with van der Waals surface area (Å²) in [5, 5.41) is 16.4. The van der Waals surface area contributed by atoms with E-state index in [0.29, 0.717) is 6.54 Å². The van der Waals surface area contributed by atoms with E-state index in [1.165, 1.54) is 0 Å². The number of hydrogen-bond acceptors (Lipinski definition) is 2. The van der Waals surface area contributed by atoms with Gasteiger partial charge in [0, 0.05) is 13.0 Å². The van der Waals surface area contributed by atoms with Gasteiger partial charge in [-0.25, -0.2) is 4.79 Å². The summed E-state index contributed by atoms with van der Waals surface area (Å²) in [7, 11) is 0. The number of rotatable bonds is 6. The summed E-state index contributed by atoms with van der Waals surface area (Å²) in [5.74, 6) is -0.343. The number of hydrogen-bond donors (Lipinski definition) is 3. The monoisotopic (exact) mass is 348 g/mol. The Kier molecular flexibility index (Phi) is 5.49. The van der Waals surface area contributed by atoms with Crippen LogP contribution in [0.15, 0.2) is 72.8 Å². The van der Waals surface area contributed by atoms with E-state index in [1.54, 1.807) is 0 Å². The number of carbonyl (C=O) groups is 2. The molecule has 3 N–H and O–H groups in total. The molecule has 2 amide bonds. The first-order chi connectivity index (χ1) is 12.6. The Morgan fingerprint density at radius 2 is 1.54 bits per heavy atom. The van der Waals surface area contributed by atoms with E-state index in [2.05, 4.69) is 10.6 Å². The average Bonchev–Trinajstić information content (AvgIpc) is 2.66. The summed E-state index contributed by atoms with van der Waals surface area (Å²) in [6, 6.07) is 22.5. The molecule has 132 valence electrons. The van der Waals surface area contributed by atoms with Crippen molar-refractivity contribution in [2.75, 3.05) is 0 Å². The molecule has 0 unspecified atom stereocenters. The molecule has 0 fully saturated rings. The van der Waals surface area contributed by atoms with E-state index in [0.717, 1.165) is 21.9 Å². The van der Waals surface area contributed by atoms with Crippen LogP contribution in [0.4, 0.5) is 4.79 Å². The van der Waals surface area contributed by atoms with E-state index in [9.17, 15) is 9.59 Å². The van der Waals surface area contributed by atoms with Crippen LogP contribution in [0.2, 0.25) is 0 Å². The van der Waals surface area contributed by atoms with Crippen LogP contribution < -0.4 is 10.6 Å². The van der Waals surface area contributed by atoms with Gasteiger partial charge in [0.05, 0.1) is 0 Å². The van der Waals surface area contributed by atoms with Gasteiger partial charge in [-0.05, 0) is 21.9 Å². The van der Waals surface area contributed by atoms with Gasteiger partial charge in [0.25, 0.3) is 0 Å². The van der Waals surface area contributed by atoms with E-state index < -0.39 is 12.1 Å². The molecule has 0 spiro atoms. The maximum Gasteiger partial charge on any atom is 0.405 e. The van der Waals surface area contributed by atoms with E-state index in [4.69, 9.17) is 5.11 Å². The molecule has 3 aromatic carbocycles. The zero-order chi connectivity index (χ0) is 18.4. The van der Waals surface area contributed by atoms with Gasteiger partial charge < -0.3 is 15.7 Å². The topological polar surface area (TPSA) is 78.4 Å². The molecule has 26 heavy (non-hydrogen) atoms. The summed E-state index contributed by atoms with van der Waals surface area (Å²) >= 11 is 0. The number of amides is 2. The lowest BCUT2D eigenvalue weighted by molar-refractivity contribution is -0.123. The fourth-order valence-corrected chi connectivity index (χ4v) is 2.87. The maximum absolute atomic E-state index is 12.5. The van der Waals surface area contributed by atoms with Crippen molar-refractivity contribution in [1.29, 1.82) is 0 Å². The van der Waals surface area contributed by atoms with E-state index >= 15 is 0 Å². The first-order valence-electron chi connectivity index (χ1n) is 8.40. The summed E-state index contributed by atoms with van der Waals surface area (Å²) in [6.45, 7) is 0.356. The smallest absolute Gasteiger partial charge is 0.405 e. The van der Waals surface area contributed by atoms with Crippen LogP contribution in [-0.2, 0) is 17.8 Å². The van der Waals surface area contributed by atoms with E-state index in [-0.39, 0.29) is 12.3 Å². The van der Waals surface area contributed by atoms with Gasteiger partial charge >= 0.3 is 6.09 Å². The van der Waals surface area contributed by atoms with Crippen LogP contribution in [0.5, 0.6) is 0 Å². The van der Waals surface area contributed by atoms with Crippen molar-refractivity contribution in [1.82, 2.24) is 10.6 Å². The predicted molar refractivity (Wildman–Crippen MR) is 101 cm³/mol. The minimum Gasteiger partial charge on any atom is -0.465 e. The van der Waals surface area contributed by atoms with Gasteiger partial charge in [0.15, 0.2) is 0 Å². The molecule has 0 saturated carbocycles. The van der Waals surface area contributed by atoms with Crippen LogP contribution in [0, 0.1) is 0 Å². The SMILES string of the molecule is O=C(O)N[C@H](Cc1ccc2ccccc2c1)C(=O)NCc1ccccc1. The summed E-state index contributed by atoms with van der Waals surface area (Å²) < 4.78 is 0. The van der Waals surface area contributed by atoms with E-state index in [1.807, 2.05) is 72.8 Å². The molecule has 0 bridgehead atoms. The van der Waals surface area contributed by atoms with Crippen molar-refractivity contribution in [2.45, 2.75) is 19.0 Å². The molecular formula is C21H20N2O3. The molecule has 0 radical (unpaired) electrons. The Labute approximate surface area is 151 Å².